The molecule has 160 valence electrons. The second-order valence-electron chi connectivity index (χ2n) is 8.16. The molecule has 1 heterocycles. The average Bonchev–Trinajstić information content (AvgIpc) is 2.73. The van der Waals surface area contributed by atoms with Gasteiger partial charge in [0.2, 0.25) is 5.91 Å². The molecule has 2 amide bonds. The van der Waals surface area contributed by atoms with Crippen molar-refractivity contribution in [3.8, 4) is 0 Å². The first-order valence-corrected chi connectivity index (χ1v) is 11.0. The highest BCUT2D eigenvalue weighted by Gasteiger charge is 2.24. The van der Waals surface area contributed by atoms with Gasteiger partial charge in [0.25, 0.3) is 5.91 Å². The van der Waals surface area contributed by atoms with Crippen LogP contribution in [0.25, 0.3) is 0 Å². The van der Waals surface area contributed by atoms with E-state index in [0.717, 1.165) is 65.9 Å². The van der Waals surface area contributed by atoms with Crippen molar-refractivity contribution >= 4 is 23.2 Å². The zero-order chi connectivity index (χ0) is 21.7. The van der Waals surface area contributed by atoms with Crippen LogP contribution in [0.5, 0.6) is 0 Å². The summed E-state index contributed by atoms with van der Waals surface area (Å²) in [6.07, 6.45) is 3.54. The fourth-order valence-electron chi connectivity index (χ4n) is 4.17. The summed E-state index contributed by atoms with van der Waals surface area (Å²) in [5, 5.41) is 6.15. The molecule has 0 radical (unpaired) electrons. The lowest BCUT2D eigenvalue weighted by Gasteiger charge is -2.32. The normalized spacial score (nSPS) is 13.2. The number of benzene rings is 2. The minimum absolute atomic E-state index is 0.0181. The summed E-state index contributed by atoms with van der Waals surface area (Å²) in [4.78, 5) is 27.7. The molecular formula is C25H33N3O2. The SMILES string of the molecule is CCc1cccc(CC)c1NC(=O)CN1CCCc2c(C(=O)NC(C)C)cccc21. The Morgan fingerprint density at radius 2 is 1.70 bits per heavy atom. The van der Waals surface area contributed by atoms with Crippen LogP contribution in [0.3, 0.4) is 0 Å². The van der Waals surface area contributed by atoms with Crippen molar-refractivity contribution in [1.29, 1.82) is 0 Å². The lowest BCUT2D eigenvalue weighted by molar-refractivity contribution is -0.115. The zero-order valence-electron chi connectivity index (χ0n) is 18.5. The van der Waals surface area contributed by atoms with Gasteiger partial charge in [0.05, 0.1) is 6.54 Å². The lowest BCUT2D eigenvalue weighted by Crippen LogP contribution is -2.38. The third kappa shape index (κ3) is 4.84. The number of nitrogens with zero attached hydrogens (tertiary/aromatic N) is 1. The van der Waals surface area contributed by atoms with E-state index in [2.05, 4.69) is 47.6 Å². The van der Waals surface area contributed by atoms with Crippen LogP contribution >= 0.6 is 0 Å². The van der Waals surface area contributed by atoms with Crippen LogP contribution in [0.4, 0.5) is 11.4 Å². The molecule has 2 aromatic carbocycles. The maximum atomic E-state index is 13.0. The van der Waals surface area contributed by atoms with Crippen molar-refractivity contribution in [3.63, 3.8) is 0 Å². The van der Waals surface area contributed by atoms with Crippen molar-refractivity contribution in [3.05, 3.63) is 58.7 Å². The first kappa shape index (κ1) is 21.9. The topological polar surface area (TPSA) is 61.4 Å². The van der Waals surface area contributed by atoms with E-state index in [-0.39, 0.29) is 24.4 Å². The third-order valence-corrected chi connectivity index (χ3v) is 5.61. The number of hydrogen-bond acceptors (Lipinski definition) is 3. The molecular weight excluding hydrogens is 374 g/mol. The second kappa shape index (κ2) is 9.79. The Labute approximate surface area is 179 Å². The van der Waals surface area contributed by atoms with Gasteiger partial charge in [0.1, 0.15) is 0 Å². The Balaban J connectivity index is 1.80. The van der Waals surface area contributed by atoms with E-state index in [9.17, 15) is 9.59 Å². The molecule has 0 saturated carbocycles. The molecule has 0 atom stereocenters. The molecule has 5 nitrogen and oxygen atoms in total. The highest BCUT2D eigenvalue weighted by molar-refractivity contribution is 5.99. The number of para-hydroxylation sites is 1. The second-order valence-corrected chi connectivity index (χ2v) is 8.16. The number of amides is 2. The summed E-state index contributed by atoms with van der Waals surface area (Å²) in [6.45, 7) is 9.23. The number of rotatable bonds is 7. The van der Waals surface area contributed by atoms with Gasteiger partial charge in [-0.1, -0.05) is 38.1 Å². The van der Waals surface area contributed by atoms with Crippen LogP contribution in [0.15, 0.2) is 36.4 Å². The maximum Gasteiger partial charge on any atom is 0.251 e. The van der Waals surface area contributed by atoms with Gasteiger partial charge >= 0.3 is 0 Å². The van der Waals surface area contributed by atoms with Gasteiger partial charge in [-0.25, -0.2) is 0 Å². The predicted molar refractivity (Wildman–Crippen MR) is 123 cm³/mol. The monoisotopic (exact) mass is 407 g/mol. The highest BCUT2D eigenvalue weighted by atomic mass is 16.2. The molecule has 0 aliphatic carbocycles. The number of carbonyl (C=O) groups excluding carboxylic acids is 2. The van der Waals surface area contributed by atoms with Crippen molar-refractivity contribution in [2.75, 3.05) is 23.3 Å². The minimum atomic E-state index is -0.0439. The Bertz CT molecular complexity index is 898. The van der Waals surface area contributed by atoms with Gasteiger partial charge < -0.3 is 15.5 Å². The van der Waals surface area contributed by atoms with E-state index in [1.807, 2.05) is 32.0 Å². The molecule has 0 saturated heterocycles. The van der Waals surface area contributed by atoms with E-state index < -0.39 is 0 Å². The van der Waals surface area contributed by atoms with Gasteiger partial charge in [0, 0.05) is 29.5 Å². The van der Waals surface area contributed by atoms with Crippen LogP contribution in [0.2, 0.25) is 0 Å². The van der Waals surface area contributed by atoms with Crippen LogP contribution in [0.1, 0.15) is 61.2 Å². The molecule has 2 N–H and O–H groups in total. The standard InChI is InChI=1S/C25H33N3O2/c1-5-18-10-7-11-19(6-2)24(18)27-23(29)16-28-15-9-13-20-21(12-8-14-22(20)28)25(30)26-17(3)4/h7-8,10-12,14,17H,5-6,9,13,15-16H2,1-4H3,(H,26,30)(H,27,29). The molecule has 2 aromatic rings. The molecule has 0 aromatic heterocycles. The summed E-state index contributed by atoms with van der Waals surface area (Å²) >= 11 is 0. The number of carbonyl (C=O) groups is 2. The highest BCUT2D eigenvalue weighted by Crippen LogP contribution is 2.30. The quantitative estimate of drug-likeness (QED) is 0.718. The van der Waals surface area contributed by atoms with Crippen LogP contribution in [-0.2, 0) is 24.1 Å². The summed E-state index contributed by atoms with van der Waals surface area (Å²) in [5.74, 6) is -0.0619. The Morgan fingerprint density at radius 1 is 1.03 bits per heavy atom. The Kier molecular flexibility index (Phi) is 7.14. The first-order chi connectivity index (χ1) is 14.4. The summed E-state index contributed by atoms with van der Waals surface area (Å²) in [6, 6.07) is 12.1. The van der Waals surface area contributed by atoms with Crippen LogP contribution in [-0.4, -0.2) is 30.9 Å². The lowest BCUT2D eigenvalue weighted by atomic mass is 9.95. The van der Waals surface area contributed by atoms with Gasteiger partial charge in [-0.3, -0.25) is 9.59 Å². The van der Waals surface area contributed by atoms with Gasteiger partial charge in [-0.05, 0) is 68.4 Å². The number of anilines is 2. The van der Waals surface area contributed by atoms with Crippen molar-refractivity contribution in [1.82, 2.24) is 5.32 Å². The van der Waals surface area contributed by atoms with Gasteiger partial charge in [-0.2, -0.15) is 0 Å². The van der Waals surface area contributed by atoms with E-state index >= 15 is 0 Å². The molecule has 3 rings (SSSR count). The number of hydrogen-bond donors (Lipinski definition) is 2. The molecule has 0 spiro atoms. The Hall–Kier alpha value is -2.82. The smallest absolute Gasteiger partial charge is 0.251 e. The van der Waals surface area contributed by atoms with E-state index in [1.165, 1.54) is 0 Å². The average molecular weight is 408 g/mol. The number of nitrogens with one attached hydrogen (secondary N) is 2. The summed E-state index contributed by atoms with van der Waals surface area (Å²) in [7, 11) is 0. The molecule has 30 heavy (non-hydrogen) atoms. The fourth-order valence-corrected chi connectivity index (χ4v) is 4.17. The molecule has 0 bridgehead atoms. The van der Waals surface area contributed by atoms with Crippen LogP contribution in [0, 0.1) is 0 Å². The third-order valence-electron chi connectivity index (χ3n) is 5.61. The van der Waals surface area contributed by atoms with Crippen molar-refractivity contribution < 1.29 is 9.59 Å². The molecule has 1 aliphatic heterocycles. The van der Waals surface area contributed by atoms with Gasteiger partial charge in [-0.15, -0.1) is 0 Å². The summed E-state index contributed by atoms with van der Waals surface area (Å²) < 4.78 is 0. The fraction of sp³-hybridized carbons (Fsp3) is 0.440. The largest absolute Gasteiger partial charge is 0.362 e. The first-order valence-electron chi connectivity index (χ1n) is 11.0. The maximum absolute atomic E-state index is 13.0. The Morgan fingerprint density at radius 3 is 2.33 bits per heavy atom. The number of aryl methyl sites for hydroxylation is 2. The molecule has 0 unspecified atom stereocenters. The molecule has 0 fully saturated rings. The number of fused-ring (bicyclic) bond motifs is 1. The molecule has 5 heteroatoms. The summed E-state index contributed by atoms with van der Waals surface area (Å²) in [5.41, 5.74) is 6.03. The molecule has 1 aliphatic rings. The zero-order valence-corrected chi connectivity index (χ0v) is 18.5. The van der Waals surface area contributed by atoms with Crippen molar-refractivity contribution in [2.24, 2.45) is 0 Å². The van der Waals surface area contributed by atoms with E-state index in [1.54, 1.807) is 0 Å². The van der Waals surface area contributed by atoms with E-state index in [0.29, 0.717) is 0 Å². The predicted octanol–water partition coefficient (Wildman–Crippen LogP) is 4.34. The van der Waals surface area contributed by atoms with Crippen LogP contribution < -0.4 is 15.5 Å². The minimum Gasteiger partial charge on any atom is -0.362 e. The van der Waals surface area contributed by atoms with E-state index in [4.69, 9.17) is 0 Å². The van der Waals surface area contributed by atoms with Crippen molar-refractivity contribution in [2.45, 2.75) is 59.4 Å². The van der Waals surface area contributed by atoms with Gasteiger partial charge in [0.15, 0.2) is 0 Å².